The molecule has 3 N–H and O–H groups in total. The molecule has 0 heterocycles. The number of nitro groups is 1. The van der Waals surface area contributed by atoms with Crippen LogP contribution in [0.2, 0.25) is 0 Å². The summed E-state index contributed by atoms with van der Waals surface area (Å²) in [5.41, 5.74) is 1.07. The van der Waals surface area contributed by atoms with E-state index in [0.717, 1.165) is 4.47 Å². The Morgan fingerprint density at radius 3 is 2.46 bits per heavy atom. The molecular formula is C17H17BrN4O4. The molecule has 0 aliphatic carbocycles. The first-order valence-corrected chi connectivity index (χ1v) is 8.50. The topological polar surface area (TPSA) is 113 Å². The molecule has 0 aromatic heterocycles. The Morgan fingerprint density at radius 2 is 1.85 bits per heavy atom. The van der Waals surface area contributed by atoms with Gasteiger partial charge in [-0.1, -0.05) is 15.9 Å². The summed E-state index contributed by atoms with van der Waals surface area (Å²) in [6, 6.07) is 11.1. The maximum Gasteiger partial charge on any atom is 0.270 e. The van der Waals surface area contributed by atoms with Crippen molar-refractivity contribution in [3.8, 4) is 0 Å². The van der Waals surface area contributed by atoms with Crippen LogP contribution in [0.5, 0.6) is 0 Å². The van der Waals surface area contributed by atoms with E-state index in [4.69, 9.17) is 0 Å². The Labute approximate surface area is 158 Å². The van der Waals surface area contributed by atoms with E-state index >= 15 is 0 Å². The number of carbonyl (C=O) groups is 2. The molecule has 0 fully saturated rings. The fourth-order valence-corrected chi connectivity index (χ4v) is 2.45. The minimum atomic E-state index is -0.568. The molecule has 0 unspecified atom stereocenters. The van der Waals surface area contributed by atoms with Gasteiger partial charge in [0.25, 0.3) is 11.6 Å². The summed E-state index contributed by atoms with van der Waals surface area (Å²) < 4.78 is 0.914. The molecule has 0 radical (unpaired) electrons. The average molecular weight is 421 g/mol. The molecule has 0 saturated heterocycles. The second-order valence-corrected chi connectivity index (χ2v) is 6.21. The molecule has 2 aromatic carbocycles. The van der Waals surface area contributed by atoms with Gasteiger partial charge in [-0.3, -0.25) is 19.7 Å². The van der Waals surface area contributed by atoms with Crippen molar-refractivity contribution in [2.45, 2.75) is 6.42 Å². The van der Waals surface area contributed by atoms with Crippen LogP contribution in [0, 0.1) is 10.1 Å². The van der Waals surface area contributed by atoms with Gasteiger partial charge in [-0.25, -0.2) is 0 Å². The van der Waals surface area contributed by atoms with Crippen LogP contribution in [-0.2, 0) is 4.79 Å². The highest BCUT2D eigenvalue weighted by Crippen LogP contribution is 2.22. The fourth-order valence-electron chi connectivity index (χ4n) is 2.19. The molecule has 0 aliphatic rings. The highest BCUT2D eigenvalue weighted by molar-refractivity contribution is 9.10. The molecule has 0 aliphatic heterocycles. The van der Waals surface area contributed by atoms with Crippen LogP contribution in [-0.4, -0.2) is 30.3 Å². The molecule has 8 nitrogen and oxygen atoms in total. The van der Waals surface area contributed by atoms with E-state index in [1.807, 2.05) is 12.1 Å². The highest BCUT2D eigenvalue weighted by atomic mass is 79.9. The number of rotatable bonds is 7. The summed E-state index contributed by atoms with van der Waals surface area (Å²) in [5, 5.41) is 19.0. The molecule has 2 amide bonds. The fraction of sp³-hybridized carbons (Fsp3) is 0.176. The lowest BCUT2D eigenvalue weighted by Gasteiger charge is -2.11. The van der Waals surface area contributed by atoms with Crippen LogP contribution in [0.3, 0.4) is 0 Å². The van der Waals surface area contributed by atoms with E-state index in [-0.39, 0.29) is 30.1 Å². The van der Waals surface area contributed by atoms with Gasteiger partial charge in [0.2, 0.25) is 5.91 Å². The third-order valence-corrected chi connectivity index (χ3v) is 4.01. The normalized spacial score (nSPS) is 10.1. The number of hydrogen-bond acceptors (Lipinski definition) is 5. The van der Waals surface area contributed by atoms with E-state index in [9.17, 15) is 19.7 Å². The Hall–Kier alpha value is -2.94. The first-order chi connectivity index (χ1) is 12.4. The number of nitrogens with zero attached hydrogens (tertiary/aromatic N) is 1. The summed E-state index contributed by atoms with van der Waals surface area (Å²) >= 11 is 3.32. The zero-order valence-corrected chi connectivity index (χ0v) is 15.5. The monoisotopic (exact) mass is 420 g/mol. The first kappa shape index (κ1) is 19.4. The Balaban J connectivity index is 1.97. The molecular weight excluding hydrogens is 404 g/mol. The molecule has 0 spiro atoms. The van der Waals surface area contributed by atoms with Crippen molar-refractivity contribution in [2.24, 2.45) is 0 Å². The Bertz CT molecular complexity index is 824. The summed E-state index contributed by atoms with van der Waals surface area (Å²) in [5.74, 6) is -0.640. The van der Waals surface area contributed by atoms with Crippen molar-refractivity contribution in [1.29, 1.82) is 0 Å². The van der Waals surface area contributed by atoms with Crippen molar-refractivity contribution in [3.63, 3.8) is 0 Å². The lowest BCUT2D eigenvalue weighted by atomic mass is 10.1. The minimum absolute atomic E-state index is 0.148. The van der Waals surface area contributed by atoms with Crippen LogP contribution in [0.4, 0.5) is 17.1 Å². The van der Waals surface area contributed by atoms with Gasteiger partial charge in [-0.15, -0.1) is 0 Å². The van der Waals surface area contributed by atoms with Crippen molar-refractivity contribution in [2.75, 3.05) is 24.2 Å². The van der Waals surface area contributed by atoms with Crippen LogP contribution in [0.25, 0.3) is 0 Å². The van der Waals surface area contributed by atoms with Gasteiger partial charge in [0.1, 0.15) is 0 Å². The van der Waals surface area contributed by atoms with Crippen LogP contribution >= 0.6 is 15.9 Å². The summed E-state index contributed by atoms with van der Waals surface area (Å²) in [4.78, 5) is 34.2. The number of anilines is 2. The quantitative estimate of drug-likeness (QED) is 0.470. The van der Waals surface area contributed by atoms with Crippen molar-refractivity contribution in [1.82, 2.24) is 5.32 Å². The van der Waals surface area contributed by atoms with Gasteiger partial charge < -0.3 is 16.0 Å². The largest absolute Gasteiger partial charge is 0.384 e. The lowest BCUT2D eigenvalue weighted by Crippen LogP contribution is -2.21. The van der Waals surface area contributed by atoms with E-state index in [1.54, 1.807) is 12.1 Å². The van der Waals surface area contributed by atoms with Gasteiger partial charge in [0.05, 0.1) is 10.5 Å². The van der Waals surface area contributed by atoms with Crippen molar-refractivity contribution < 1.29 is 14.5 Å². The van der Waals surface area contributed by atoms with Gasteiger partial charge >= 0.3 is 0 Å². The Kier molecular flexibility index (Phi) is 6.67. The second-order valence-electron chi connectivity index (χ2n) is 5.30. The zero-order chi connectivity index (χ0) is 19.1. The number of amides is 2. The number of carbonyl (C=O) groups excluding carboxylic acids is 2. The molecule has 0 atom stereocenters. The number of nitrogens with one attached hydrogen (secondary N) is 3. The number of non-ortho nitro benzene ring substituents is 1. The first-order valence-electron chi connectivity index (χ1n) is 7.70. The van der Waals surface area contributed by atoms with Crippen LogP contribution < -0.4 is 16.0 Å². The third-order valence-electron chi connectivity index (χ3n) is 3.48. The van der Waals surface area contributed by atoms with Crippen molar-refractivity contribution in [3.05, 3.63) is 62.6 Å². The van der Waals surface area contributed by atoms with Gasteiger partial charge in [-0.05, 0) is 30.3 Å². The predicted molar refractivity (Wildman–Crippen MR) is 102 cm³/mol. The SMILES string of the molecule is CNC(=O)c1cc([N+](=O)[O-])ccc1NCCC(=O)Nc1ccc(Br)cc1. The van der Waals surface area contributed by atoms with E-state index in [2.05, 4.69) is 31.9 Å². The van der Waals surface area contributed by atoms with Crippen LogP contribution in [0.15, 0.2) is 46.9 Å². The average Bonchev–Trinajstić information content (AvgIpc) is 2.63. The van der Waals surface area contributed by atoms with Gasteiger partial charge in [0.15, 0.2) is 0 Å². The maximum atomic E-state index is 12.0. The Morgan fingerprint density at radius 1 is 1.15 bits per heavy atom. The number of benzene rings is 2. The van der Waals surface area contributed by atoms with Gasteiger partial charge in [-0.2, -0.15) is 0 Å². The number of nitro benzene ring substituents is 1. The predicted octanol–water partition coefficient (Wildman–Crippen LogP) is 3.16. The highest BCUT2D eigenvalue weighted by Gasteiger charge is 2.16. The second kappa shape index (κ2) is 8.95. The standard InChI is InChI=1S/C17H17BrN4O4/c1-19-17(24)14-10-13(22(25)26)6-7-15(14)20-9-8-16(23)21-12-4-2-11(18)3-5-12/h2-7,10,20H,8-9H2,1H3,(H,19,24)(H,21,23). The smallest absolute Gasteiger partial charge is 0.270 e. The molecule has 0 saturated carbocycles. The molecule has 26 heavy (non-hydrogen) atoms. The van der Waals surface area contributed by atoms with E-state index in [0.29, 0.717) is 11.4 Å². The summed E-state index contributed by atoms with van der Waals surface area (Å²) in [7, 11) is 1.44. The maximum absolute atomic E-state index is 12.0. The third kappa shape index (κ3) is 5.28. The lowest BCUT2D eigenvalue weighted by molar-refractivity contribution is -0.384. The van der Waals surface area contributed by atoms with E-state index in [1.165, 1.54) is 25.2 Å². The molecule has 136 valence electrons. The van der Waals surface area contributed by atoms with E-state index < -0.39 is 10.8 Å². The zero-order valence-electron chi connectivity index (χ0n) is 13.9. The van der Waals surface area contributed by atoms with Crippen molar-refractivity contribution >= 4 is 44.8 Å². The molecule has 9 heteroatoms. The summed E-state index contributed by atoms with van der Waals surface area (Å²) in [6.45, 7) is 0.268. The molecule has 2 rings (SSSR count). The summed E-state index contributed by atoms with van der Waals surface area (Å²) in [6.07, 6.45) is 0.167. The minimum Gasteiger partial charge on any atom is -0.384 e. The van der Waals surface area contributed by atoms with Crippen LogP contribution in [0.1, 0.15) is 16.8 Å². The molecule has 0 bridgehead atoms. The number of hydrogen-bond donors (Lipinski definition) is 3. The molecule has 2 aromatic rings. The number of halogens is 1. The van der Waals surface area contributed by atoms with Gasteiger partial charge in [0, 0.05) is 48.0 Å².